The average molecular weight is 180 g/mol. The van der Waals surface area contributed by atoms with Crippen molar-refractivity contribution >= 4 is 0 Å². The zero-order valence-electron chi connectivity index (χ0n) is 8.37. The maximum Gasteiger partial charge on any atom is 0.0682 e. The minimum absolute atomic E-state index is 0.449. The van der Waals surface area contributed by atoms with Crippen molar-refractivity contribution in [3.8, 4) is 0 Å². The fourth-order valence-corrected chi connectivity index (χ4v) is 1.19. The first kappa shape index (κ1) is 10.2. The Labute approximate surface area is 78.9 Å². The fraction of sp³-hybridized carbons (Fsp3) is 0.500. The van der Waals surface area contributed by atoms with Gasteiger partial charge >= 0.3 is 0 Å². The summed E-state index contributed by atoms with van der Waals surface area (Å²) >= 11 is 0. The number of aromatic nitrogens is 1. The van der Waals surface area contributed by atoms with Crippen LogP contribution in [0.3, 0.4) is 0 Å². The Morgan fingerprint density at radius 3 is 2.69 bits per heavy atom. The zero-order valence-corrected chi connectivity index (χ0v) is 8.37. The molecule has 1 aromatic heterocycles. The number of rotatable bonds is 3. The highest BCUT2D eigenvalue weighted by Crippen LogP contribution is 2.16. The number of nitrogens with zero attached hydrogens (tertiary/aromatic N) is 1. The number of methoxy groups -OCH3 is 1. The van der Waals surface area contributed by atoms with Gasteiger partial charge in [0.05, 0.1) is 12.1 Å². The maximum atomic E-state index is 6.03. The van der Waals surface area contributed by atoms with Crippen LogP contribution in [-0.4, -0.2) is 18.7 Å². The van der Waals surface area contributed by atoms with Crippen LogP contribution in [0, 0.1) is 6.92 Å². The fourth-order valence-electron chi connectivity index (χ4n) is 1.19. The summed E-state index contributed by atoms with van der Waals surface area (Å²) in [4.78, 5) is 4.19. The van der Waals surface area contributed by atoms with Crippen molar-refractivity contribution in [3.05, 3.63) is 29.6 Å². The van der Waals surface area contributed by atoms with Crippen LogP contribution in [0.1, 0.15) is 18.2 Å². The first-order valence-electron chi connectivity index (χ1n) is 4.27. The van der Waals surface area contributed by atoms with Crippen LogP contribution in [-0.2, 0) is 10.3 Å². The molecule has 0 aliphatic carbocycles. The number of aryl methyl sites for hydroxylation is 1. The smallest absolute Gasteiger partial charge is 0.0682 e. The van der Waals surface area contributed by atoms with Crippen LogP contribution in [0.2, 0.25) is 0 Å². The van der Waals surface area contributed by atoms with Gasteiger partial charge in [0, 0.05) is 19.0 Å². The quantitative estimate of drug-likeness (QED) is 0.760. The molecule has 2 N–H and O–H groups in total. The number of nitrogens with two attached hydrogens (primary N) is 1. The molecule has 0 saturated heterocycles. The van der Waals surface area contributed by atoms with E-state index in [1.54, 1.807) is 13.3 Å². The molecule has 3 nitrogen and oxygen atoms in total. The molecule has 1 atom stereocenters. The van der Waals surface area contributed by atoms with Gasteiger partial charge in [-0.25, -0.2) is 0 Å². The van der Waals surface area contributed by atoms with Gasteiger partial charge in [-0.3, -0.25) is 4.98 Å². The molecule has 1 rings (SSSR count). The molecule has 72 valence electrons. The minimum Gasteiger partial charge on any atom is -0.382 e. The van der Waals surface area contributed by atoms with E-state index in [1.165, 1.54) is 0 Å². The lowest BCUT2D eigenvalue weighted by Crippen LogP contribution is -2.37. The van der Waals surface area contributed by atoms with Gasteiger partial charge in [0.1, 0.15) is 0 Å². The van der Waals surface area contributed by atoms with E-state index in [2.05, 4.69) is 4.98 Å². The molecule has 1 heterocycles. The number of hydrogen-bond acceptors (Lipinski definition) is 3. The molecule has 0 spiro atoms. The normalized spacial score (nSPS) is 15.4. The second-order valence-electron chi connectivity index (χ2n) is 3.54. The second kappa shape index (κ2) is 3.85. The lowest BCUT2D eigenvalue weighted by molar-refractivity contribution is 0.141. The molecule has 1 unspecified atom stereocenters. The molecule has 0 saturated carbocycles. The maximum absolute atomic E-state index is 6.03. The van der Waals surface area contributed by atoms with Crippen LogP contribution in [0.4, 0.5) is 0 Å². The predicted octanol–water partition coefficient (Wildman–Crippen LogP) is 1.21. The van der Waals surface area contributed by atoms with Crippen LogP contribution in [0.5, 0.6) is 0 Å². The van der Waals surface area contributed by atoms with Crippen LogP contribution >= 0.6 is 0 Å². The van der Waals surface area contributed by atoms with E-state index in [9.17, 15) is 0 Å². The number of pyridine rings is 1. The van der Waals surface area contributed by atoms with Gasteiger partial charge in [-0.1, -0.05) is 6.07 Å². The summed E-state index contributed by atoms with van der Waals surface area (Å²) in [5.41, 5.74) is 7.58. The molecule has 1 aromatic rings. The van der Waals surface area contributed by atoms with E-state index in [1.807, 2.05) is 26.0 Å². The lowest BCUT2D eigenvalue weighted by atomic mass is 9.96. The topological polar surface area (TPSA) is 48.1 Å². The SMILES string of the molecule is COCC(C)(N)c1ccc(C)nc1. The Bertz CT molecular complexity index is 267. The minimum atomic E-state index is -0.449. The summed E-state index contributed by atoms with van der Waals surface area (Å²) in [6.45, 7) is 4.38. The van der Waals surface area contributed by atoms with Gasteiger partial charge in [-0.2, -0.15) is 0 Å². The largest absolute Gasteiger partial charge is 0.382 e. The third-order valence-corrected chi connectivity index (χ3v) is 2.02. The molecule has 0 bridgehead atoms. The third-order valence-electron chi connectivity index (χ3n) is 2.02. The summed E-state index contributed by atoms with van der Waals surface area (Å²) in [6.07, 6.45) is 1.80. The van der Waals surface area contributed by atoms with E-state index in [-0.39, 0.29) is 0 Å². The van der Waals surface area contributed by atoms with Gasteiger partial charge < -0.3 is 10.5 Å². The molecule has 0 aliphatic rings. The summed E-state index contributed by atoms with van der Waals surface area (Å²) in [5.74, 6) is 0. The first-order chi connectivity index (χ1) is 6.06. The van der Waals surface area contributed by atoms with E-state index in [0.29, 0.717) is 6.61 Å². The van der Waals surface area contributed by atoms with Crippen LogP contribution < -0.4 is 5.73 Å². The summed E-state index contributed by atoms with van der Waals surface area (Å²) in [7, 11) is 1.65. The van der Waals surface area contributed by atoms with Crippen LogP contribution in [0.15, 0.2) is 18.3 Å². The Morgan fingerprint density at radius 2 is 2.23 bits per heavy atom. The molecule has 0 amide bonds. The molecule has 0 fully saturated rings. The third kappa shape index (κ3) is 2.50. The predicted molar refractivity (Wildman–Crippen MR) is 52.4 cm³/mol. The van der Waals surface area contributed by atoms with Gasteiger partial charge in [-0.15, -0.1) is 0 Å². The Kier molecular flexibility index (Phi) is 3.01. The van der Waals surface area contributed by atoms with E-state index >= 15 is 0 Å². The zero-order chi connectivity index (χ0) is 9.90. The van der Waals surface area contributed by atoms with Crippen molar-refractivity contribution in [3.63, 3.8) is 0 Å². The van der Waals surface area contributed by atoms with Gasteiger partial charge in [0.25, 0.3) is 0 Å². The van der Waals surface area contributed by atoms with E-state index < -0.39 is 5.54 Å². The number of hydrogen-bond donors (Lipinski definition) is 1. The summed E-state index contributed by atoms with van der Waals surface area (Å²) in [5, 5.41) is 0. The van der Waals surface area contributed by atoms with Crippen molar-refractivity contribution in [2.24, 2.45) is 5.73 Å². The standard InChI is InChI=1S/C10H16N2O/c1-8-4-5-9(6-12-8)10(2,11)7-13-3/h4-6H,7,11H2,1-3H3. The Hall–Kier alpha value is -0.930. The van der Waals surface area contributed by atoms with Gasteiger partial charge in [0.15, 0.2) is 0 Å². The highest BCUT2D eigenvalue weighted by Gasteiger charge is 2.20. The molecular weight excluding hydrogens is 164 g/mol. The lowest BCUT2D eigenvalue weighted by Gasteiger charge is -2.23. The van der Waals surface area contributed by atoms with E-state index in [4.69, 9.17) is 10.5 Å². The highest BCUT2D eigenvalue weighted by molar-refractivity contribution is 5.21. The summed E-state index contributed by atoms with van der Waals surface area (Å²) < 4.78 is 5.04. The van der Waals surface area contributed by atoms with E-state index in [0.717, 1.165) is 11.3 Å². The molecule has 3 heteroatoms. The first-order valence-corrected chi connectivity index (χ1v) is 4.27. The van der Waals surface area contributed by atoms with Crippen molar-refractivity contribution in [1.82, 2.24) is 4.98 Å². The molecule has 0 aliphatic heterocycles. The molecular formula is C10H16N2O. The molecule has 0 radical (unpaired) electrons. The van der Waals surface area contributed by atoms with Crippen molar-refractivity contribution in [2.75, 3.05) is 13.7 Å². The van der Waals surface area contributed by atoms with Crippen molar-refractivity contribution in [2.45, 2.75) is 19.4 Å². The van der Waals surface area contributed by atoms with Gasteiger partial charge in [-0.05, 0) is 25.5 Å². The average Bonchev–Trinajstić information content (AvgIpc) is 2.05. The van der Waals surface area contributed by atoms with Crippen molar-refractivity contribution < 1.29 is 4.74 Å². The van der Waals surface area contributed by atoms with Gasteiger partial charge in [0.2, 0.25) is 0 Å². The Morgan fingerprint density at radius 1 is 1.54 bits per heavy atom. The second-order valence-corrected chi connectivity index (χ2v) is 3.54. The van der Waals surface area contributed by atoms with Crippen LogP contribution in [0.25, 0.3) is 0 Å². The number of ether oxygens (including phenoxy) is 1. The van der Waals surface area contributed by atoms with Crippen molar-refractivity contribution in [1.29, 1.82) is 0 Å². The monoisotopic (exact) mass is 180 g/mol. The molecule has 0 aromatic carbocycles. The highest BCUT2D eigenvalue weighted by atomic mass is 16.5. The summed E-state index contributed by atoms with van der Waals surface area (Å²) in [6, 6.07) is 3.94. The molecule has 13 heavy (non-hydrogen) atoms. The Balaban J connectivity index is 2.87.